The average molecular weight is 341 g/mol. The third-order valence-corrected chi connectivity index (χ3v) is 3.34. The second kappa shape index (κ2) is 7.15. The molecule has 0 unspecified atom stereocenters. The summed E-state index contributed by atoms with van der Waals surface area (Å²) in [5, 5.41) is 11.5. The molecule has 1 atom stereocenters. The molecular formula is C15H11ClF2N2O3. The van der Waals surface area contributed by atoms with Gasteiger partial charge in [-0.25, -0.2) is 9.37 Å². The summed E-state index contributed by atoms with van der Waals surface area (Å²) in [6.07, 6.45) is -0.480. The fraction of sp³-hybridized carbons (Fsp3) is 0.133. The number of benzene rings is 1. The normalized spacial score (nSPS) is 11.8. The summed E-state index contributed by atoms with van der Waals surface area (Å²) >= 11 is 5.99. The molecule has 0 saturated heterocycles. The molecule has 0 bridgehead atoms. The van der Waals surface area contributed by atoms with Crippen LogP contribution in [0.3, 0.4) is 0 Å². The number of aromatic nitrogens is 1. The van der Waals surface area contributed by atoms with Crippen LogP contribution in [-0.2, 0) is 4.79 Å². The second-order valence-electron chi connectivity index (χ2n) is 4.61. The lowest BCUT2D eigenvalue weighted by molar-refractivity contribution is -0.137. The van der Waals surface area contributed by atoms with Gasteiger partial charge in [-0.05, 0) is 23.8 Å². The van der Waals surface area contributed by atoms with Gasteiger partial charge in [-0.2, -0.15) is 4.39 Å². The van der Waals surface area contributed by atoms with E-state index >= 15 is 0 Å². The number of hydrogen-bond donors (Lipinski definition) is 2. The summed E-state index contributed by atoms with van der Waals surface area (Å²) in [4.78, 5) is 26.3. The van der Waals surface area contributed by atoms with Crippen LogP contribution in [0.5, 0.6) is 0 Å². The van der Waals surface area contributed by atoms with Crippen molar-refractivity contribution in [2.45, 2.75) is 12.5 Å². The molecule has 2 N–H and O–H groups in total. The Labute approximate surface area is 134 Å². The summed E-state index contributed by atoms with van der Waals surface area (Å²) in [7, 11) is 0. The molecule has 0 fully saturated rings. The second-order valence-corrected chi connectivity index (χ2v) is 5.02. The van der Waals surface area contributed by atoms with Crippen LogP contribution in [-0.4, -0.2) is 22.0 Å². The molecule has 5 nitrogen and oxygen atoms in total. The van der Waals surface area contributed by atoms with Gasteiger partial charge in [0.15, 0.2) is 11.5 Å². The van der Waals surface area contributed by atoms with Crippen LogP contribution in [0.25, 0.3) is 0 Å². The minimum Gasteiger partial charge on any atom is -0.481 e. The molecule has 0 aliphatic rings. The molecule has 0 spiro atoms. The van der Waals surface area contributed by atoms with Crippen molar-refractivity contribution in [2.75, 3.05) is 0 Å². The van der Waals surface area contributed by atoms with Gasteiger partial charge in [-0.15, -0.1) is 0 Å². The lowest BCUT2D eigenvalue weighted by Crippen LogP contribution is -2.31. The van der Waals surface area contributed by atoms with Crippen molar-refractivity contribution >= 4 is 23.5 Å². The zero-order valence-electron chi connectivity index (χ0n) is 11.6. The van der Waals surface area contributed by atoms with E-state index in [1.807, 2.05) is 0 Å². The van der Waals surface area contributed by atoms with Crippen LogP contribution in [0.15, 0.2) is 36.4 Å². The molecule has 1 amide bonds. The van der Waals surface area contributed by atoms with E-state index in [2.05, 4.69) is 10.3 Å². The number of pyridine rings is 1. The van der Waals surface area contributed by atoms with Crippen molar-refractivity contribution in [3.63, 3.8) is 0 Å². The Morgan fingerprint density at radius 1 is 1.22 bits per heavy atom. The van der Waals surface area contributed by atoms with E-state index in [0.29, 0.717) is 5.56 Å². The van der Waals surface area contributed by atoms with E-state index in [9.17, 15) is 18.4 Å². The van der Waals surface area contributed by atoms with E-state index in [4.69, 9.17) is 16.7 Å². The maximum absolute atomic E-state index is 13.6. The number of carboxylic acid groups (broad SMARTS) is 1. The zero-order chi connectivity index (χ0) is 17.0. The Morgan fingerprint density at radius 2 is 1.91 bits per heavy atom. The Morgan fingerprint density at radius 3 is 2.57 bits per heavy atom. The van der Waals surface area contributed by atoms with Gasteiger partial charge in [0.1, 0.15) is 0 Å². The first-order valence-electron chi connectivity index (χ1n) is 6.47. The number of aliphatic carboxylic acids is 1. The van der Waals surface area contributed by atoms with Crippen LogP contribution < -0.4 is 5.32 Å². The minimum atomic E-state index is -1.19. The number of hydrogen-bond acceptors (Lipinski definition) is 3. The standard InChI is InChI=1S/C15H11ClF2N2O3/c16-9-4-2-1-3-8(9)11(7-13(21)22)19-15(23)14-10(17)5-6-12(18)20-14/h1-6,11H,7H2,(H,19,23)(H,21,22)/t11-/m1/s1. The molecule has 0 radical (unpaired) electrons. The molecule has 120 valence electrons. The first kappa shape index (κ1) is 16.8. The maximum atomic E-state index is 13.6. The number of carboxylic acids is 1. The number of halogens is 3. The van der Waals surface area contributed by atoms with Crippen LogP contribution in [0, 0.1) is 11.8 Å². The van der Waals surface area contributed by atoms with Crippen LogP contribution in [0.4, 0.5) is 8.78 Å². The minimum absolute atomic E-state index is 0.242. The third-order valence-electron chi connectivity index (χ3n) is 2.99. The van der Waals surface area contributed by atoms with E-state index in [1.54, 1.807) is 12.1 Å². The molecule has 2 aromatic rings. The summed E-state index contributed by atoms with van der Waals surface area (Å²) in [6, 6.07) is 6.83. The monoisotopic (exact) mass is 340 g/mol. The number of carbonyl (C=O) groups is 2. The largest absolute Gasteiger partial charge is 0.481 e. The van der Waals surface area contributed by atoms with Crippen molar-refractivity contribution < 1.29 is 23.5 Å². The van der Waals surface area contributed by atoms with Gasteiger partial charge in [-0.3, -0.25) is 9.59 Å². The average Bonchev–Trinajstić information content (AvgIpc) is 2.49. The van der Waals surface area contributed by atoms with Crippen molar-refractivity contribution in [3.8, 4) is 0 Å². The molecule has 1 aromatic carbocycles. The fourth-order valence-electron chi connectivity index (χ4n) is 1.98. The number of nitrogens with one attached hydrogen (secondary N) is 1. The summed E-state index contributed by atoms with van der Waals surface area (Å²) in [6.45, 7) is 0. The molecule has 0 aliphatic heterocycles. The van der Waals surface area contributed by atoms with Gasteiger partial charge in [0.05, 0.1) is 12.5 Å². The highest BCUT2D eigenvalue weighted by atomic mass is 35.5. The molecular weight excluding hydrogens is 330 g/mol. The maximum Gasteiger partial charge on any atom is 0.305 e. The highest BCUT2D eigenvalue weighted by molar-refractivity contribution is 6.31. The molecule has 23 heavy (non-hydrogen) atoms. The zero-order valence-corrected chi connectivity index (χ0v) is 12.3. The van der Waals surface area contributed by atoms with E-state index < -0.39 is 41.8 Å². The molecule has 0 aliphatic carbocycles. The quantitative estimate of drug-likeness (QED) is 0.820. The topological polar surface area (TPSA) is 79.3 Å². The molecule has 1 heterocycles. The number of rotatable bonds is 5. The molecule has 0 saturated carbocycles. The number of amides is 1. The lowest BCUT2D eigenvalue weighted by atomic mass is 10.0. The van der Waals surface area contributed by atoms with E-state index in [1.165, 1.54) is 12.1 Å². The molecule has 2 rings (SSSR count). The molecule has 1 aromatic heterocycles. The van der Waals surface area contributed by atoms with Crippen molar-refractivity contribution in [1.82, 2.24) is 10.3 Å². The van der Waals surface area contributed by atoms with Crippen molar-refractivity contribution in [3.05, 3.63) is 64.4 Å². The number of carbonyl (C=O) groups excluding carboxylic acids is 1. The first-order chi connectivity index (χ1) is 10.9. The van der Waals surface area contributed by atoms with Crippen molar-refractivity contribution in [2.24, 2.45) is 0 Å². The summed E-state index contributed by atoms with van der Waals surface area (Å²) in [5.41, 5.74) is -0.408. The fourth-order valence-corrected chi connectivity index (χ4v) is 2.24. The number of nitrogens with zero attached hydrogens (tertiary/aromatic N) is 1. The predicted molar refractivity (Wildman–Crippen MR) is 78.1 cm³/mol. The Hall–Kier alpha value is -2.54. The Kier molecular flexibility index (Phi) is 5.23. The van der Waals surface area contributed by atoms with Crippen LogP contribution in [0.2, 0.25) is 5.02 Å². The van der Waals surface area contributed by atoms with Gasteiger partial charge >= 0.3 is 5.97 Å². The van der Waals surface area contributed by atoms with E-state index in [0.717, 1.165) is 12.1 Å². The van der Waals surface area contributed by atoms with Gasteiger partial charge in [0.25, 0.3) is 5.91 Å². The van der Waals surface area contributed by atoms with Gasteiger partial charge < -0.3 is 10.4 Å². The summed E-state index contributed by atoms with van der Waals surface area (Å²) in [5.74, 6) is -4.27. The first-order valence-corrected chi connectivity index (χ1v) is 6.85. The highest BCUT2D eigenvalue weighted by Gasteiger charge is 2.23. The third kappa shape index (κ3) is 4.23. The predicted octanol–water partition coefficient (Wildman–Crippen LogP) is 2.96. The van der Waals surface area contributed by atoms with Crippen molar-refractivity contribution in [1.29, 1.82) is 0 Å². The Balaban J connectivity index is 2.31. The van der Waals surface area contributed by atoms with Crippen LogP contribution >= 0.6 is 11.6 Å². The smallest absolute Gasteiger partial charge is 0.305 e. The lowest BCUT2D eigenvalue weighted by Gasteiger charge is -2.18. The highest BCUT2D eigenvalue weighted by Crippen LogP contribution is 2.25. The Bertz CT molecular complexity index is 755. The van der Waals surface area contributed by atoms with Gasteiger partial charge in [-0.1, -0.05) is 29.8 Å². The molecule has 8 heteroatoms. The summed E-state index contributed by atoms with van der Waals surface area (Å²) < 4.78 is 26.7. The van der Waals surface area contributed by atoms with E-state index in [-0.39, 0.29) is 5.02 Å². The van der Waals surface area contributed by atoms with Crippen LogP contribution in [0.1, 0.15) is 28.5 Å². The van der Waals surface area contributed by atoms with Gasteiger partial charge in [0.2, 0.25) is 5.95 Å². The van der Waals surface area contributed by atoms with Gasteiger partial charge in [0, 0.05) is 5.02 Å². The SMILES string of the molecule is O=C(O)C[C@@H](NC(=O)c1nc(F)ccc1F)c1ccccc1Cl.